The molecule has 1 amide bonds. The molecule has 2 aromatic heterocycles. The number of methoxy groups -OCH3 is 1. The number of furan rings is 1. The summed E-state index contributed by atoms with van der Waals surface area (Å²) in [5.74, 6) is 1.12. The van der Waals surface area contributed by atoms with Gasteiger partial charge in [0.15, 0.2) is 23.4 Å². The number of benzene rings is 2. The number of aromatic nitrogens is 1. The first-order chi connectivity index (χ1) is 20.2. The summed E-state index contributed by atoms with van der Waals surface area (Å²) in [7, 11) is 1.49. The maximum atomic E-state index is 12.6. The van der Waals surface area contributed by atoms with E-state index in [4.69, 9.17) is 23.4 Å². The molecule has 0 saturated carbocycles. The van der Waals surface area contributed by atoms with E-state index in [1.165, 1.54) is 13.3 Å². The van der Waals surface area contributed by atoms with Crippen LogP contribution in [0.5, 0.6) is 17.2 Å². The van der Waals surface area contributed by atoms with Crippen LogP contribution in [0.4, 0.5) is 0 Å². The van der Waals surface area contributed by atoms with Gasteiger partial charge >= 0.3 is 11.9 Å². The largest absolute Gasteiger partial charge is 0.493 e. The van der Waals surface area contributed by atoms with Crippen LogP contribution in [0.2, 0.25) is 0 Å². The molecule has 0 aliphatic heterocycles. The molecule has 0 bridgehead atoms. The third-order valence-electron chi connectivity index (χ3n) is 6.18. The fourth-order valence-corrected chi connectivity index (χ4v) is 4.89. The number of nitrogens with one attached hydrogen (secondary N) is 1. The molecule has 11 heteroatoms. The summed E-state index contributed by atoms with van der Waals surface area (Å²) in [6, 6.07) is 18.7. The maximum Gasteiger partial charge on any atom is 0.347 e. The quantitative estimate of drug-likeness (QED) is 0.0846. The first-order valence-electron chi connectivity index (χ1n) is 13.2. The van der Waals surface area contributed by atoms with Gasteiger partial charge in [-0.2, -0.15) is 5.10 Å². The third kappa shape index (κ3) is 7.52. The second-order valence-electron chi connectivity index (χ2n) is 9.25. The van der Waals surface area contributed by atoms with Gasteiger partial charge in [0, 0.05) is 17.1 Å². The Morgan fingerprint density at radius 2 is 1.79 bits per heavy atom. The van der Waals surface area contributed by atoms with Crippen molar-refractivity contribution in [2.75, 3.05) is 13.7 Å². The molecule has 0 saturated heterocycles. The van der Waals surface area contributed by atoms with Crippen LogP contribution >= 0.6 is 22.6 Å². The summed E-state index contributed by atoms with van der Waals surface area (Å²) in [6.45, 7) is 7.90. The first kappa shape index (κ1) is 30.7. The highest BCUT2D eigenvalue weighted by molar-refractivity contribution is 14.1. The van der Waals surface area contributed by atoms with Crippen LogP contribution in [0.3, 0.4) is 0 Å². The average molecular weight is 686 g/mol. The number of hydrazone groups is 1. The second kappa shape index (κ2) is 14.1. The summed E-state index contributed by atoms with van der Waals surface area (Å²) in [5, 5.41) is 4.03. The van der Waals surface area contributed by atoms with Gasteiger partial charge in [0.2, 0.25) is 0 Å². The Balaban J connectivity index is 1.32. The van der Waals surface area contributed by atoms with Crippen LogP contribution in [0.1, 0.15) is 47.1 Å². The molecule has 4 rings (SSSR count). The fourth-order valence-electron chi connectivity index (χ4n) is 4.13. The minimum absolute atomic E-state index is 0.100. The van der Waals surface area contributed by atoms with E-state index in [9.17, 15) is 9.59 Å². The molecular formula is C31H32IN3O7. The zero-order valence-electron chi connectivity index (χ0n) is 24.0. The molecule has 1 atom stereocenters. The van der Waals surface area contributed by atoms with E-state index >= 15 is 0 Å². The molecule has 2 heterocycles. The van der Waals surface area contributed by atoms with Crippen LogP contribution < -0.4 is 19.6 Å². The van der Waals surface area contributed by atoms with E-state index in [2.05, 4.69) is 63.7 Å². The molecular weight excluding hydrogens is 653 g/mol. The van der Waals surface area contributed by atoms with Crippen LogP contribution in [0.25, 0.3) is 5.69 Å². The van der Waals surface area contributed by atoms with E-state index in [1.54, 1.807) is 38.1 Å². The Kier molecular flexibility index (Phi) is 10.3. The van der Waals surface area contributed by atoms with E-state index in [-0.39, 0.29) is 19.0 Å². The summed E-state index contributed by atoms with van der Waals surface area (Å²) in [4.78, 5) is 24.5. The molecule has 10 nitrogen and oxygen atoms in total. The zero-order valence-corrected chi connectivity index (χ0v) is 26.1. The smallest absolute Gasteiger partial charge is 0.347 e. The number of ether oxygens (including phenoxy) is 4. The number of hydrogen-bond donors (Lipinski definition) is 1. The number of esters is 1. The van der Waals surface area contributed by atoms with Crippen molar-refractivity contribution in [2.45, 2.75) is 40.4 Å². The molecule has 0 aliphatic rings. The summed E-state index contributed by atoms with van der Waals surface area (Å²) >= 11 is 2.07. The Labute approximate surface area is 257 Å². The molecule has 4 aromatic rings. The standard InChI is InChI=1S/C31H32IN3O7/c1-6-39-31(37)21(4)41-29-26(32)15-22(16-28(29)38-5)17-33-34-30(36)27-14-13-25(42-27)18-40-24-11-9-23(10-12-24)35-19(2)7-8-20(35)3/h7-17,21H,6,18H2,1-5H3,(H,34,36)/b33-17+/t21-/m0/s1. The van der Waals surface area contributed by atoms with Crippen LogP contribution in [0, 0.1) is 17.4 Å². The molecule has 220 valence electrons. The second-order valence-corrected chi connectivity index (χ2v) is 10.4. The minimum Gasteiger partial charge on any atom is -0.493 e. The number of carbonyl (C=O) groups excluding carboxylic acids is 2. The molecule has 2 aromatic carbocycles. The molecule has 0 aliphatic carbocycles. The number of halogens is 1. The van der Waals surface area contributed by atoms with Crippen molar-refractivity contribution in [3.05, 3.63) is 92.7 Å². The Morgan fingerprint density at radius 1 is 1.07 bits per heavy atom. The van der Waals surface area contributed by atoms with Gasteiger partial charge in [0.25, 0.3) is 0 Å². The van der Waals surface area contributed by atoms with E-state index in [1.807, 2.05) is 24.3 Å². The van der Waals surface area contributed by atoms with Gasteiger partial charge < -0.3 is 27.9 Å². The minimum atomic E-state index is -0.806. The van der Waals surface area contributed by atoms with Crippen LogP contribution in [-0.4, -0.2) is 42.5 Å². The van der Waals surface area contributed by atoms with Crippen molar-refractivity contribution in [3.8, 4) is 22.9 Å². The van der Waals surface area contributed by atoms with Gasteiger partial charge in [-0.25, -0.2) is 10.2 Å². The highest BCUT2D eigenvalue weighted by atomic mass is 127. The Bertz CT molecular complexity index is 1550. The van der Waals surface area contributed by atoms with Crippen LogP contribution in [-0.2, 0) is 16.1 Å². The van der Waals surface area contributed by atoms with Crippen molar-refractivity contribution >= 4 is 40.7 Å². The predicted molar refractivity (Wildman–Crippen MR) is 166 cm³/mol. The summed E-state index contributed by atoms with van der Waals surface area (Å²) < 4.78 is 30.5. The van der Waals surface area contributed by atoms with Crippen molar-refractivity contribution in [2.24, 2.45) is 5.10 Å². The lowest BCUT2D eigenvalue weighted by Gasteiger charge is -2.17. The summed E-state index contributed by atoms with van der Waals surface area (Å²) in [5.41, 5.74) is 6.48. The average Bonchev–Trinajstić information content (AvgIpc) is 3.59. The number of amides is 1. The number of carbonyl (C=O) groups is 2. The molecule has 0 unspecified atom stereocenters. The van der Waals surface area contributed by atoms with Gasteiger partial charge in [-0.3, -0.25) is 4.79 Å². The summed E-state index contributed by atoms with van der Waals surface area (Å²) in [6.07, 6.45) is 0.660. The van der Waals surface area contributed by atoms with E-state index in [0.717, 1.165) is 17.1 Å². The molecule has 42 heavy (non-hydrogen) atoms. The normalized spacial score (nSPS) is 11.8. The van der Waals surface area contributed by atoms with E-state index in [0.29, 0.717) is 32.1 Å². The van der Waals surface area contributed by atoms with Crippen molar-refractivity contribution in [1.29, 1.82) is 0 Å². The lowest BCUT2D eigenvalue weighted by molar-refractivity contribution is -0.150. The number of hydrogen-bond acceptors (Lipinski definition) is 8. The zero-order chi connectivity index (χ0) is 30.2. The molecule has 0 spiro atoms. The SMILES string of the molecule is CCOC(=O)[C@H](C)Oc1c(I)cc(/C=N/NC(=O)c2ccc(COc3ccc(-n4c(C)ccc4C)cc3)o2)cc1OC. The van der Waals surface area contributed by atoms with Gasteiger partial charge in [0.1, 0.15) is 18.1 Å². The maximum absolute atomic E-state index is 12.6. The topological polar surface area (TPSA) is 114 Å². The molecule has 0 fully saturated rings. The number of nitrogens with zero attached hydrogens (tertiary/aromatic N) is 2. The Morgan fingerprint density at radius 3 is 2.45 bits per heavy atom. The van der Waals surface area contributed by atoms with Gasteiger partial charge in [-0.1, -0.05) is 0 Å². The van der Waals surface area contributed by atoms with Gasteiger partial charge in [-0.05, 0) is 117 Å². The number of rotatable bonds is 12. The fraction of sp³-hybridized carbons (Fsp3) is 0.258. The monoisotopic (exact) mass is 685 g/mol. The van der Waals surface area contributed by atoms with Crippen LogP contribution in [0.15, 0.2) is 70.2 Å². The van der Waals surface area contributed by atoms with Gasteiger partial charge in [0.05, 0.1) is 23.5 Å². The first-order valence-corrected chi connectivity index (χ1v) is 14.3. The highest BCUT2D eigenvalue weighted by Crippen LogP contribution is 2.34. The lowest BCUT2D eigenvalue weighted by atomic mass is 10.2. The molecule has 1 N–H and O–H groups in total. The van der Waals surface area contributed by atoms with Crippen molar-refractivity contribution in [3.63, 3.8) is 0 Å². The van der Waals surface area contributed by atoms with Crippen molar-refractivity contribution < 1.29 is 33.0 Å². The Hall–Kier alpha value is -4.26. The van der Waals surface area contributed by atoms with Crippen molar-refractivity contribution in [1.82, 2.24) is 9.99 Å². The predicted octanol–water partition coefficient (Wildman–Crippen LogP) is 5.97. The third-order valence-corrected chi connectivity index (χ3v) is 6.98. The van der Waals surface area contributed by atoms with E-state index < -0.39 is 18.0 Å². The molecule has 0 radical (unpaired) electrons. The highest BCUT2D eigenvalue weighted by Gasteiger charge is 2.20. The van der Waals surface area contributed by atoms with Gasteiger partial charge in [-0.15, -0.1) is 0 Å². The lowest BCUT2D eigenvalue weighted by Crippen LogP contribution is -2.26. The number of aryl methyl sites for hydroxylation is 2.